The Hall–Kier alpha value is -2.09. The summed E-state index contributed by atoms with van der Waals surface area (Å²) in [4.78, 5) is 3.07. The molecule has 0 aromatic heterocycles. The second-order valence-electron chi connectivity index (χ2n) is 9.80. The van der Waals surface area contributed by atoms with Gasteiger partial charge in [-0.2, -0.15) is 0 Å². The van der Waals surface area contributed by atoms with Crippen molar-refractivity contribution in [3.05, 3.63) is 48.0 Å². The molecule has 5 rings (SSSR count). The number of ether oxygens (including phenoxy) is 2. The summed E-state index contributed by atoms with van der Waals surface area (Å²) in [5.74, 6) is 2.80. The molecule has 178 valence electrons. The van der Waals surface area contributed by atoms with Crippen molar-refractivity contribution in [1.82, 2.24) is 10.2 Å². The first-order chi connectivity index (χ1) is 16.0. The van der Waals surface area contributed by atoms with E-state index in [1.54, 1.807) is 30.3 Å². The first-order valence-corrected chi connectivity index (χ1v) is 13.7. The molecule has 0 saturated carbocycles. The van der Waals surface area contributed by atoms with Gasteiger partial charge in [-0.25, -0.2) is 8.42 Å². The number of piperidine rings is 2. The Morgan fingerprint density at radius 3 is 2.42 bits per heavy atom. The van der Waals surface area contributed by atoms with Crippen LogP contribution in [0.2, 0.25) is 0 Å². The van der Waals surface area contributed by atoms with Crippen LogP contribution in [0.3, 0.4) is 0 Å². The van der Waals surface area contributed by atoms with Crippen LogP contribution in [0, 0.1) is 11.8 Å². The van der Waals surface area contributed by atoms with Crippen molar-refractivity contribution in [3.63, 3.8) is 0 Å². The van der Waals surface area contributed by atoms with Gasteiger partial charge in [0.25, 0.3) is 0 Å². The Morgan fingerprint density at radius 2 is 1.67 bits per heavy atom. The van der Waals surface area contributed by atoms with Crippen LogP contribution in [-0.4, -0.2) is 45.8 Å². The number of hydrogen-bond donors (Lipinski definition) is 1. The number of nitrogens with one attached hydrogen (secondary N) is 1. The molecule has 1 unspecified atom stereocenters. The highest BCUT2D eigenvalue weighted by Crippen LogP contribution is 2.36. The number of nitrogens with zero attached hydrogens (tertiary/aromatic N) is 1. The van der Waals surface area contributed by atoms with Gasteiger partial charge in [-0.1, -0.05) is 12.1 Å². The number of sulfone groups is 1. The third-order valence-electron chi connectivity index (χ3n) is 7.52. The highest BCUT2D eigenvalue weighted by atomic mass is 32.2. The molecule has 0 amide bonds. The maximum atomic E-state index is 13.1. The molecule has 3 aliphatic heterocycles. The molecule has 3 aliphatic rings. The number of fused-ring (bicyclic) bond motifs is 1. The van der Waals surface area contributed by atoms with Gasteiger partial charge >= 0.3 is 0 Å². The van der Waals surface area contributed by atoms with Gasteiger partial charge in [-0.05, 0) is 100 Å². The van der Waals surface area contributed by atoms with Gasteiger partial charge in [0.2, 0.25) is 16.6 Å². The summed E-state index contributed by atoms with van der Waals surface area (Å²) < 4.78 is 36.8. The van der Waals surface area contributed by atoms with E-state index in [4.69, 9.17) is 9.47 Å². The van der Waals surface area contributed by atoms with E-state index in [1.165, 1.54) is 45.2 Å². The molecule has 2 aromatic rings. The van der Waals surface area contributed by atoms with E-state index in [-0.39, 0.29) is 11.7 Å². The van der Waals surface area contributed by atoms with Crippen LogP contribution in [0.4, 0.5) is 0 Å². The molecule has 2 saturated heterocycles. The van der Waals surface area contributed by atoms with Crippen LogP contribution >= 0.6 is 0 Å². The Kier molecular flexibility index (Phi) is 6.63. The minimum atomic E-state index is -3.60. The number of hydrogen-bond acceptors (Lipinski definition) is 6. The molecular formula is C26H34N2O4S. The van der Waals surface area contributed by atoms with Gasteiger partial charge in [0, 0.05) is 18.7 Å². The summed E-state index contributed by atoms with van der Waals surface area (Å²) in [7, 11) is -3.60. The SMILES string of the molecule is C[C@@H]1CC(CC2CCNCC2)CCN1Cc1ccc(S(=O)(=O)c2ccc3c(c2)OCO3)cc1. The Balaban J connectivity index is 1.19. The highest BCUT2D eigenvalue weighted by Gasteiger charge is 2.28. The van der Waals surface area contributed by atoms with Crippen LogP contribution in [0.1, 0.15) is 44.6 Å². The van der Waals surface area contributed by atoms with E-state index in [1.807, 2.05) is 12.1 Å². The third-order valence-corrected chi connectivity index (χ3v) is 9.29. The third kappa shape index (κ3) is 5.05. The topological polar surface area (TPSA) is 67.9 Å². The minimum Gasteiger partial charge on any atom is -0.454 e. The van der Waals surface area contributed by atoms with Crippen molar-refractivity contribution in [2.75, 3.05) is 26.4 Å². The standard InChI is InChI=1S/C26H34N2O4S/c1-19-14-22(15-20-8-11-27-12-9-20)10-13-28(19)17-21-2-4-23(5-3-21)33(29,30)24-6-7-25-26(16-24)32-18-31-25/h2-7,16,19-20,22,27H,8-15,17-18H2,1H3/t19-,22?/m1/s1. The lowest BCUT2D eigenvalue weighted by Gasteiger charge is -2.39. The molecular weight excluding hydrogens is 436 g/mol. The van der Waals surface area contributed by atoms with Crippen LogP contribution in [0.15, 0.2) is 52.3 Å². The zero-order valence-corrected chi connectivity index (χ0v) is 20.1. The van der Waals surface area contributed by atoms with Crippen molar-refractivity contribution < 1.29 is 17.9 Å². The van der Waals surface area contributed by atoms with Crippen molar-refractivity contribution in [2.24, 2.45) is 11.8 Å². The van der Waals surface area contributed by atoms with Crippen molar-refractivity contribution >= 4 is 9.84 Å². The highest BCUT2D eigenvalue weighted by molar-refractivity contribution is 7.91. The Bertz CT molecular complexity index is 1060. The van der Waals surface area contributed by atoms with Crippen LogP contribution in [0.25, 0.3) is 0 Å². The lowest BCUT2D eigenvalue weighted by Crippen LogP contribution is -2.41. The van der Waals surface area contributed by atoms with Gasteiger partial charge in [0.15, 0.2) is 11.5 Å². The van der Waals surface area contributed by atoms with Crippen molar-refractivity contribution in [3.8, 4) is 11.5 Å². The summed E-state index contributed by atoms with van der Waals surface area (Å²) in [6.45, 7) is 6.81. The van der Waals surface area contributed by atoms with Gasteiger partial charge in [0.1, 0.15) is 0 Å². The summed E-state index contributed by atoms with van der Waals surface area (Å²) in [6.07, 6.45) is 6.57. The van der Waals surface area contributed by atoms with Gasteiger partial charge < -0.3 is 14.8 Å². The molecule has 0 radical (unpaired) electrons. The largest absolute Gasteiger partial charge is 0.454 e. The van der Waals surface area contributed by atoms with Crippen LogP contribution in [-0.2, 0) is 16.4 Å². The number of rotatable bonds is 6. The Labute approximate surface area is 197 Å². The van der Waals surface area contributed by atoms with Crippen LogP contribution in [0.5, 0.6) is 11.5 Å². The zero-order valence-electron chi connectivity index (χ0n) is 19.3. The van der Waals surface area contributed by atoms with E-state index < -0.39 is 9.84 Å². The molecule has 2 fully saturated rings. The maximum absolute atomic E-state index is 13.1. The monoisotopic (exact) mass is 470 g/mol. The smallest absolute Gasteiger partial charge is 0.231 e. The molecule has 0 bridgehead atoms. The van der Waals surface area contributed by atoms with Crippen LogP contribution < -0.4 is 14.8 Å². The first kappa shape index (κ1) is 22.7. The molecule has 1 N–H and O–H groups in total. The van der Waals surface area contributed by atoms with Crippen molar-refractivity contribution in [2.45, 2.75) is 61.4 Å². The van der Waals surface area contributed by atoms with E-state index in [9.17, 15) is 8.42 Å². The normalized spacial score (nSPS) is 24.2. The van der Waals surface area contributed by atoms with Crippen molar-refractivity contribution in [1.29, 1.82) is 0 Å². The fourth-order valence-electron chi connectivity index (χ4n) is 5.54. The molecule has 33 heavy (non-hydrogen) atoms. The second-order valence-corrected chi connectivity index (χ2v) is 11.8. The Morgan fingerprint density at radius 1 is 0.939 bits per heavy atom. The zero-order chi connectivity index (χ0) is 22.8. The van der Waals surface area contributed by atoms with Gasteiger partial charge in [0.05, 0.1) is 9.79 Å². The average molecular weight is 471 g/mol. The van der Waals surface area contributed by atoms with Gasteiger partial charge in [-0.3, -0.25) is 4.90 Å². The lowest BCUT2D eigenvalue weighted by molar-refractivity contribution is 0.101. The molecule has 3 heterocycles. The molecule has 0 spiro atoms. The first-order valence-electron chi connectivity index (χ1n) is 12.2. The lowest BCUT2D eigenvalue weighted by atomic mass is 9.81. The number of likely N-dealkylation sites (tertiary alicyclic amines) is 1. The summed E-state index contributed by atoms with van der Waals surface area (Å²) >= 11 is 0. The predicted molar refractivity (Wildman–Crippen MR) is 127 cm³/mol. The van der Waals surface area contributed by atoms with E-state index >= 15 is 0 Å². The fourth-order valence-corrected chi connectivity index (χ4v) is 6.82. The quantitative estimate of drug-likeness (QED) is 0.681. The van der Waals surface area contributed by atoms with E-state index in [2.05, 4.69) is 17.1 Å². The summed E-state index contributed by atoms with van der Waals surface area (Å²) in [5.41, 5.74) is 1.16. The van der Waals surface area contributed by atoms with Gasteiger partial charge in [-0.15, -0.1) is 0 Å². The van der Waals surface area contributed by atoms with E-state index in [0.29, 0.717) is 22.4 Å². The number of benzene rings is 2. The predicted octanol–water partition coefficient (Wildman–Crippen LogP) is 4.24. The van der Waals surface area contributed by atoms with E-state index in [0.717, 1.165) is 30.5 Å². The molecule has 2 atom stereocenters. The fraction of sp³-hybridized carbons (Fsp3) is 0.538. The molecule has 0 aliphatic carbocycles. The molecule has 6 nitrogen and oxygen atoms in total. The molecule has 2 aromatic carbocycles. The molecule has 7 heteroatoms. The minimum absolute atomic E-state index is 0.126. The average Bonchev–Trinajstić information content (AvgIpc) is 3.30. The summed E-state index contributed by atoms with van der Waals surface area (Å²) in [5, 5.41) is 3.47. The summed E-state index contributed by atoms with van der Waals surface area (Å²) in [6, 6.07) is 12.7. The second kappa shape index (κ2) is 9.65. The maximum Gasteiger partial charge on any atom is 0.231 e.